The molecule has 0 amide bonds. The van der Waals surface area contributed by atoms with Crippen LogP contribution in [0.25, 0.3) is 6.08 Å². The van der Waals surface area contributed by atoms with Crippen LogP contribution in [-0.2, 0) is 4.79 Å². The largest absolute Gasteiger partial charge is 0.494 e. The van der Waals surface area contributed by atoms with E-state index in [1.807, 2.05) is 24.3 Å². The highest BCUT2D eigenvalue weighted by atomic mass is 16.5. The van der Waals surface area contributed by atoms with Gasteiger partial charge in [0, 0.05) is 6.08 Å². The van der Waals surface area contributed by atoms with Crippen molar-refractivity contribution in [2.45, 2.75) is 26.7 Å². The summed E-state index contributed by atoms with van der Waals surface area (Å²) >= 11 is 0. The third-order valence-electron chi connectivity index (χ3n) is 2.49. The molecule has 0 aliphatic carbocycles. The Balaban J connectivity index is 2.38. The summed E-state index contributed by atoms with van der Waals surface area (Å²) in [7, 11) is 0. The lowest BCUT2D eigenvalue weighted by Crippen LogP contribution is -1.99. The topological polar surface area (TPSA) is 46.5 Å². The SMILES string of the molecule is CC(C)CCCOc1ccc(C=CC(=O)O)cc1. The van der Waals surface area contributed by atoms with Crippen LogP contribution >= 0.6 is 0 Å². The standard InChI is InChI=1S/C15H20O3/c1-12(2)4-3-11-18-14-8-5-13(6-9-14)7-10-15(16)17/h5-10,12H,3-4,11H2,1-2H3,(H,16,17). The van der Waals surface area contributed by atoms with Crippen molar-refractivity contribution >= 4 is 12.0 Å². The van der Waals surface area contributed by atoms with E-state index in [4.69, 9.17) is 9.84 Å². The predicted octanol–water partition coefficient (Wildman–Crippen LogP) is 3.60. The first-order chi connectivity index (χ1) is 8.58. The van der Waals surface area contributed by atoms with Crippen LogP contribution in [0, 0.1) is 5.92 Å². The van der Waals surface area contributed by atoms with Crippen LogP contribution in [0.5, 0.6) is 5.75 Å². The van der Waals surface area contributed by atoms with E-state index >= 15 is 0 Å². The number of carboxylic acids is 1. The van der Waals surface area contributed by atoms with Crippen molar-refractivity contribution in [1.29, 1.82) is 0 Å². The summed E-state index contributed by atoms with van der Waals surface area (Å²) in [4.78, 5) is 10.4. The summed E-state index contributed by atoms with van der Waals surface area (Å²) < 4.78 is 5.60. The minimum absolute atomic E-state index is 0.706. The molecule has 0 saturated heterocycles. The molecule has 0 fully saturated rings. The zero-order valence-corrected chi connectivity index (χ0v) is 10.9. The van der Waals surface area contributed by atoms with Gasteiger partial charge in [0.05, 0.1) is 6.61 Å². The fourth-order valence-corrected chi connectivity index (χ4v) is 1.52. The Labute approximate surface area is 108 Å². The molecule has 1 aromatic carbocycles. The first kappa shape index (κ1) is 14.3. The van der Waals surface area contributed by atoms with Crippen LogP contribution in [0.2, 0.25) is 0 Å². The second-order valence-electron chi connectivity index (χ2n) is 4.63. The second kappa shape index (κ2) is 7.54. The Hall–Kier alpha value is -1.77. The zero-order valence-electron chi connectivity index (χ0n) is 10.9. The third-order valence-corrected chi connectivity index (χ3v) is 2.49. The Morgan fingerprint density at radius 1 is 1.33 bits per heavy atom. The number of hydrogen-bond donors (Lipinski definition) is 1. The minimum atomic E-state index is -0.941. The van der Waals surface area contributed by atoms with Crippen LogP contribution in [-0.4, -0.2) is 17.7 Å². The number of carbonyl (C=O) groups is 1. The van der Waals surface area contributed by atoms with Gasteiger partial charge in [-0.25, -0.2) is 4.79 Å². The maximum absolute atomic E-state index is 10.4. The molecule has 0 aliphatic rings. The van der Waals surface area contributed by atoms with Crippen LogP contribution in [0.4, 0.5) is 0 Å². The van der Waals surface area contributed by atoms with E-state index < -0.39 is 5.97 Å². The lowest BCUT2D eigenvalue weighted by Gasteiger charge is -2.07. The highest BCUT2D eigenvalue weighted by Crippen LogP contribution is 2.14. The molecule has 18 heavy (non-hydrogen) atoms. The van der Waals surface area contributed by atoms with E-state index in [-0.39, 0.29) is 0 Å². The lowest BCUT2D eigenvalue weighted by molar-refractivity contribution is -0.131. The predicted molar refractivity (Wildman–Crippen MR) is 72.7 cm³/mol. The summed E-state index contributed by atoms with van der Waals surface area (Å²) in [6.07, 6.45) is 4.90. The van der Waals surface area contributed by atoms with Gasteiger partial charge in [-0.2, -0.15) is 0 Å². The van der Waals surface area contributed by atoms with Gasteiger partial charge in [0.15, 0.2) is 0 Å². The Morgan fingerprint density at radius 3 is 2.56 bits per heavy atom. The molecular formula is C15H20O3. The molecule has 1 aromatic rings. The van der Waals surface area contributed by atoms with E-state index in [2.05, 4.69) is 13.8 Å². The molecule has 0 aromatic heterocycles. The van der Waals surface area contributed by atoms with Crippen LogP contribution in [0.15, 0.2) is 30.3 Å². The Bertz CT molecular complexity index is 391. The smallest absolute Gasteiger partial charge is 0.328 e. The summed E-state index contributed by atoms with van der Waals surface area (Å²) in [5.74, 6) is 0.590. The fraction of sp³-hybridized carbons (Fsp3) is 0.400. The van der Waals surface area contributed by atoms with E-state index in [1.165, 1.54) is 6.42 Å². The van der Waals surface area contributed by atoms with Crippen molar-refractivity contribution in [1.82, 2.24) is 0 Å². The Kier molecular flexibility index (Phi) is 5.98. The van der Waals surface area contributed by atoms with Crippen molar-refractivity contribution in [2.24, 2.45) is 5.92 Å². The summed E-state index contributed by atoms with van der Waals surface area (Å²) in [6, 6.07) is 7.40. The number of hydrogen-bond acceptors (Lipinski definition) is 2. The highest BCUT2D eigenvalue weighted by Gasteiger charge is 1.96. The van der Waals surface area contributed by atoms with E-state index in [0.29, 0.717) is 5.92 Å². The molecular weight excluding hydrogens is 228 g/mol. The van der Waals surface area contributed by atoms with Crippen molar-refractivity contribution in [2.75, 3.05) is 6.61 Å². The normalized spacial score (nSPS) is 11.1. The second-order valence-corrected chi connectivity index (χ2v) is 4.63. The average molecular weight is 248 g/mol. The van der Waals surface area contributed by atoms with Gasteiger partial charge in [0.1, 0.15) is 5.75 Å². The molecule has 0 radical (unpaired) electrons. The fourth-order valence-electron chi connectivity index (χ4n) is 1.52. The maximum Gasteiger partial charge on any atom is 0.328 e. The van der Waals surface area contributed by atoms with Gasteiger partial charge in [0.25, 0.3) is 0 Å². The van der Waals surface area contributed by atoms with Gasteiger partial charge in [-0.05, 0) is 42.5 Å². The quantitative estimate of drug-likeness (QED) is 0.592. The first-order valence-corrected chi connectivity index (χ1v) is 6.22. The van der Waals surface area contributed by atoms with Crippen LogP contribution in [0.1, 0.15) is 32.3 Å². The molecule has 0 unspecified atom stereocenters. The number of aliphatic carboxylic acids is 1. The molecule has 3 nitrogen and oxygen atoms in total. The molecule has 0 atom stereocenters. The molecule has 1 rings (SSSR count). The number of ether oxygens (including phenoxy) is 1. The Morgan fingerprint density at radius 2 is 2.00 bits per heavy atom. The van der Waals surface area contributed by atoms with Gasteiger partial charge < -0.3 is 9.84 Å². The van der Waals surface area contributed by atoms with E-state index in [9.17, 15) is 4.79 Å². The maximum atomic E-state index is 10.4. The zero-order chi connectivity index (χ0) is 13.4. The highest BCUT2D eigenvalue weighted by molar-refractivity contribution is 5.85. The summed E-state index contributed by atoms with van der Waals surface area (Å²) in [6.45, 7) is 5.12. The molecule has 0 saturated carbocycles. The monoisotopic (exact) mass is 248 g/mol. The molecule has 0 bridgehead atoms. The molecule has 0 spiro atoms. The van der Waals surface area contributed by atoms with Gasteiger partial charge >= 0.3 is 5.97 Å². The van der Waals surface area contributed by atoms with Gasteiger partial charge in [0.2, 0.25) is 0 Å². The van der Waals surface area contributed by atoms with Gasteiger partial charge in [-0.1, -0.05) is 26.0 Å². The van der Waals surface area contributed by atoms with Gasteiger partial charge in [-0.15, -0.1) is 0 Å². The summed E-state index contributed by atoms with van der Waals surface area (Å²) in [5, 5.41) is 8.51. The van der Waals surface area contributed by atoms with Gasteiger partial charge in [-0.3, -0.25) is 0 Å². The average Bonchev–Trinajstić information content (AvgIpc) is 2.33. The van der Waals surface area contributed by atoms with Crippen molar-refractivity contribution in [3.8, 4) is 5.75 Å². The number of rotatable bonds is 7. The van der Waals surface area contributed by atoms with Crippen molar-refractivity contribution in [3.05, 3.63) is 35.9 Å². The van der Waals surface area contributed by atoms with Crippen molar-refractivity contribution in [3.63, 3.8) is 0 Å². The number of carboxylic acid groups (broad SMARTS) is 1. The molecule has 1 N–H and O–H groups in total. The molecule has 0 heterocycles. The lowest BCUT2D eigenvalue weighted by atomic mass is 10.1. The minimum Gasteiger partial charge on any atom is -0.494 e. The number of benzene rings is 1. The third kappa shape index (κ3) is 6.09. The van der Waals surface area contributed by atoms with E-state index in [0.717, 1.165) is 30.4 Å². The van der Waals surface area contributed by atoms with Crippen LogP contribution < -0.4 is 4.74 Å². The molecule has 3 heteroatoms. The first-order valence-electron chi connectivity index (χ1n) is 6.22. The van der Waals surface area contributed by atoms with Crippen LogP contribution in [0.3, 0.4) is 0 Å². The van der Waals surface area contributed by atoms with Crippen molar-refractivity contribution < 1.29 is 14.6 Å². The molecule has 0 aliphatic heterocycles. The van der Waals surface area contributed by atoms with E-state index in [1.54, 1.807) is 6.08 Å². The molecule has 98 valence electrons. The summed E-state index contributed by atoms with van der Waals surface area (Å²) in [5.41, 5.74) is 0.854.